The van der Waals surface area contributed by atoms with Crippen molar-refractivity contribution in [2.75, 3.05) is 13.7 Å². The summed E-state index contributed by atoms with van der Waals surface area (Å²) in [6.45, 7) is 6.89. The molecule has 0 fully saturated rings. The van der Waals surface area contributed by atoms with Gasteiger partial charge in [0.1, 0.15) is 16.7 Å². The predicted octanol–water partition coefficient (Wildman–Crippen LogP) is 4.78. The van der Waals surface area contributed by atoms with Gasteiger partial charge in [-0.1, -0.05) is 6.07 Å². The number of rotatable bonds is 7. The first-order valence-corrected chi connectivity index (χ1v) is 12.1. The van der Waals surface area contributed by atoms with Crippen LogP contribution in [-0.4, -0.2) is 38.0 Å². The van der Waals surface area contributed by atoms with E-state index < -0.39 is 0 Å². The van der Waals surface area contributed by atoms with E-state index in [-0.39, 0.29) is 5.56 Å². The fraction of sp³-hybridized carbons (Fsp3) is 0.231. The van der Waals surface area contributed by atoms with Crippen LogP contribution in [0.5, 0.6) is 11.5 Å². The standard InChI is InChI=1S/C26H25N5O3S/c1-5-34-22-7-6-18(11-23(22)33-4)25-29-19(14-35-25)13-30-15-27-24-21(26(30)32)12-28-31(24)20-9-16(2)8-17(3)10-20/h6-12,14-15H,5,13H2,1-4H3. The van der Waals surface area contributed by atoms with Crippen molar-refractivity contribution in [1.82, 2.24) is 24.3 Å². The SMILES string of the molecule is CCOc1ccc(-c2nc(Cn3cnc4c(cnn4-c4cc(C)cc(C)c4)c3=O)cs2)cc1OC. The number of fused-ring (bicyclic) bond motifs is 1. The summed E-state index contributed by atoms with van der Waals surface area (Å²) in [7, 11) is 1.62. The molecule has 0 aliphatic heterocycles. The Morgan fingerprint density at radius 1 is 1.06 bits per heavy atom. The van der Waals surface area contributed by atoms with Crippen molar-refractivity contribution in [2.24, 2.45) is 0 Å². The van der Waals surface area contributed by atoms with Crippen molar-refractivity contribution in [3.63, 3.8) is 0 Å². The normalized spacial score (nSPS) is 11.2. The molecule has 0 bridgehead atoms. The second kappa shape index (κ2) is 9.34. The second-order valence-electron chi connectivity index (χ2n) is 8.26. The molecule has 0 radical (unpaired) electrons. The maximum atomic E-state index is 13.2. The monoisotopic (exact) mass is 487 g/mol. The van der Waals surface area contributed by atoms with E-state index >= 15 is 0 Å². The van der Waals surface area contributed by atoms with Crippen molar-refractivity contribution in [1.29, 1.82) is 0 Å². The maximum Gasteiger partial charge on any atom is 0.264 e. The van der Waals surface area contributed by atoms with Crippen LogP contribution in [0.1, 0.15) is 23.7 Å². The lowest BCUT2D eigenvalue weighted by molar-refractivity contribution is 0.311. The fourth-order valence-corrected chi connectivity index (χ4v) is 4.89. The summed E-state index contributed by atoms with van der Waals surface area (Å²) in [5.41, 5.74) is 5.24. The third kappa shape index (κ3) is 4.42. The quantitative estimate of drug-likeness (QED) is 0.329. The van der Waals surface area contributed by atoms with Gasteiger partial charge in [0.15, 0.2) is 17.1 Å². The molecule has 0 aliphatic rings. The third-order valence-electron chi connectivity index (χ3n) is 5.60. The Morgan fingerprint density at radius 3 is 2.60 bits per heavy atom. The maximum absolute atomic E-state index is 13.2. The van der Waals surface area contributed by atoms with E-state index in [1.165, 1.54) is 11.3 Å². The van der Waals surface area contributed by atoms with Crippen molar-refractivity contribution in [2.45, 2.75) is 27.3 Å². The first kappa shape index (κ1) is 22.8. The summed E-state index contributed by atoms with van der Waals surface area (Å²) in [6.07, 6.45) is 3.14. The number of aromatic nitrogens is 5. The molecule has 3 aromatic heterocycles. The van der Waals surface area contributed by atoms with Crippen molar-refractivity contribution in [3.05, 3.63) is 81.5 Å². The van der Waals surface area contributed by atoms with Gasteiger partial charge in [-0.25, -0.2) is 14.6 Å². The molecule has 5 aromatic rings. The number of aryl methyl sites for hydroxylation is 2. The highest BCUT2D eigenvalue weighted by Gasteiger charge is 2.14. The minimum atomic E-state index is -0.150. The van der Waals surface area contributed by atoms with Crippen molar-refractivity contribution in [3.8, 4) is 27.8 Å². The van der Waals surface area contributed by atoms with Crippen molar-refractivity contribution < 1.29 is 9.47 Å². The van der Waals surface area contributed by atoms with Gasteiger partial charge in [-0.15, -0.1) is 11.3 Å². The highest BCUT2D eigenvalue weighted by molar-refractivity contribution is 7.13. The summed E-state index contributed by atoms with van der Waals surface area (Å²) in [4.78, 5) is 22.5. The molecule has 0 saturated heterocycles. The first-order chi connectivity index (χ1) is 17.0. The molecule has 8 nitrogen and oxygen atoms in total. The summed E-state index contributed by atoms with van der Waals surface area (Å²) < 4.78 is 14.3. The second-order valence-corrected chi connectivity index (χ2v) is 9.12. The van der Waals surface area contributed by atoms with Gasteiger partial charge in [-0.3, -0.25) is 9.36 Å². The van der Waals surface area contributed by atoms with Crippen LogP contribution in [0.15, 0.2) is 59.1 Å². The van der Waals surface area contributed by atoms with Gasteiger partial charge < -0.3 is 9.47 Å². The number of hydrogen-bond donors (Lipinski definition) is 0. The van der Waals surface area contributed by atoms with E-state index in [9.17, 15) is 4.79 Å². The van der Waals surface area contributed by atoms with E-state index in [1.54, 1.807) is 28.9 Å². The highest BCUT2D eigenvalue weighted by Crippen LogP contribution is 2.34. The molecule has 0 amide bonds. The molecular weight excluding hydrogens is 462 g/mol. The molecule has 0 unspecified atom stereocenters. The topological polar surface area (TPSA) is 84.1 Å². The number of ether oxygens (including phenoxy) is 2. The largest absolute Gasteiger partial charge is 0.493 e. The van der Waals surface area contributed by atoms with Crippen LogP contribution < -0.4 is 15.0 Å². The number of methoxy groups -OCH3 is 1. The van der Waals surface area contributed by atoms with Crippen LogP contribution in [0.3, 0.4) is 0 Å². The fourth-order valence-electron chi connectivity index (χ4n) is 4.09. The van der Waals surface area contributed by atoms with Crippen LogP contribution in [0, 0.1) is 13.8 Å². The molecule has 35 heavy (non-hydrogen) atoms. The van der Waals surface area contributed by atoms with Crippen molar-refractivity contribution >= 4 is 22.4 Å². The van der Waals surface area contributed by atoms with E-state index in [0.29, 0.717) is 35.7 Å². The van der Waals surface area contributed by atoms with E-state index in [1.807, 2.05) is 56.5 Å². The van der Waals surface area contributed by atoms with E-state index in [0.717, 1.165) is 33.1 Å². The molecule has 0 atom stereocenters. The summed E-state index contributed by atoms with van der Waals surface area (Å²) in [6, 6.07) is 11.9. The van der Waals surface area contributed by atoms with Crippen LogP contribution in [-0.2, 0) is 6.54 Å². The average molecular weight is 488 g/mol. The zero-order valence-electron chi connectivity index (χ0n) is 20.0. The van der Waals surface area contributed by atoms with Gasteiger partial charge in [0.25, 0.3) is 5.56 Å². The van der Waals surface area contributed by atoms with Gasteiger partial charge in [0, 0.05) is 10.9 Å². The number of thiazole rings is 1. The van der Waals surface area contributed by atoms with Gasteiger partial charge in [0.05, 0.1) is 37.8 Å². The molecule has 9 heteroatoms. The minimum absolute atomic E-state index is 0.150. The Hall–Kier alpha value is -3.98. The zero-order chi connectivity index (χ0) is 24.5. The van der Waals surface area contributed by atoms with Gasteiger partial charge in [-0.05, 0) is 62.2 Å². The van der Waals surface area contributed by atoms with Gasteiger partial charge in [0.2, 0.25) is 0 Å². The predicted molar refractivity (Wildman–Crippen MR) is 137 cm³/mol. The zero-order valence-corrected chi connectivity index (χ0v) is 20.8. The third-order valence-corrected chi connectivity index (χ3v) is 6.54. The summed E-state index contributed by atoms with van der Waals surface area (Å²) in [5, 5.41) is 7.70. The lowest BCUT2D eigenvalue weighted by Crippen LogP contribution is -2.21. The van der Waals surface area contributed by atoms with E-state index in [4.69, 9.17) is 14.5 Å². The molecule has 0 N–H and O–H groups in total. The van der Waals surface area contributed by atoms with Gasteiger partial charge >= 0.3 is 0 Å². The molecule has 0 saturated carbocycles. The van der Waals surface area contributed by atoms with Crippen LogP contribution in [0.25, 0.3) is 27.3 Å². The Bertz CT molecular complexity index is 1560. The van der Waals surface area contributed by atoms with Crippen LogP contribution in [0.2, 0.25) is 0 Å². The summed E-state index contributed by atoms with van der Waals surface area (Å²) >= 11 is 1.51. The Labute approximate surface area is 206 Å². The number of hydrogen-bond acceptors (Lipinski definition) is 7. The van der Waals surface area contributed by atoms with Crippen LogP contribution in [0.4, 0.5) is 0 Å². The average Bonchev–Trinajstić information content (AvgIpc) is 3.48. The molecule has 5 rings (SSSR count). The molecule has 2 aromatic carbocycles. The molecule has 0 aliphatic carbocycles. The van der Waals surface area contributed by atoms with E-state index in [2.05, 4.69) is 16.1 Å². The molecule has 3 heterocycles. The Morgan fingerprint density at radius 2 is 1.86 bits per heavy atom. The smallest absolute Gasteiger partial charge is 0.264 e. The number of nitrogens with zero attached hydrogens (tertiary/aromatic N) is 5. The van der Waals surface area contributed by atoms with Gasteiger partial charge in [-0.2, -0.15) is 5.10 Å². The molecular formula is C26H25N5O3S. The molecule has 178 valence electrons. The first-order valence-electron chi connectivity index (χ1n) is 11.2. The lowest BCUT2D eigenvalue weighted by Gasteiger charge is -2.10. The number of benzene rings is 2. The highest BCUT2D eigenvalue weighted by atomic mass is 32.1. The van der Waals surface area contributed by atoms with Crippen LogP contribution >= 0.6 is 11.3 Å². The Kier molecular flexibility index (Phi) is 6.08. The Balaban J connectivity index is 1.43. The summed E-state index contributed by atoms with van der Waals surface area (Å²) in [5.74, 6) is 1.36. The molecule has 0 spiro atoms. The minimum Gasteiger partial charge on any atom is -0.493 e. The lowest BCUT2D eigenvalue weighted by atomic mass is 10.1.